The van der Waals surface area contributed by atoms with Crippen LogP contribution in [0.1, 0.15) is 43.7 Å². The van der Waals surface area contributed by atoms with E-state index < -0.39 is 17.8 Å². The SMILES string of the molecule is Cc1cccc(C(C)C)c1NC(=O)C1CCC1C(=O)O. The summed E-state index contributed by atoms with van der Waals surface area (Å²) < 4.78 is 0. The van der Waals surface area contributed by atoms with Crippen molar-refractivity contribution < 1.29 is 14.7 Å². The van der Waals surface area contributed by atoms with E-state index in [0.717, 1.165) is 16.8 Å². The number of carboxylic acid groups (broad SMARTS) is 1. The average molecular weight is 275 g/mol. The molecule has 4 nitrogen and oxygen atoms in total. The molecule has 20 heavy (non-hydrogen) atoms. The Bertz CT molecular complexity index is 537. The van der Waals surface area contributed by atoms with Crippen molar-refractivity contribution >= 4 is 17.6 Å². The average Bonchev–Trinajstić information content (AvgIpc) is 2.29. The number of carbonyl (C=O) groups is 2. The van der Waals surface area contributed by atoms with Gasteiger partial charge in [0.15, 0.2) is 0 Å². The second-order valence-corrected chi connectivity index (χ2v) is 5.81. The molecule has 2 N–H and O–H groups in total. The van der Waals surface area contributed by atoms with E-state index >= 15 is 0 Å². The van der Waals surface area contributed by atoms with Crippen molar-refractivity contribution in [1.29, 1.82) is 0 Å². The molecule has 0 bridgehead atoms. The predicted molar refractivity (Wildman–Crippen MR) is 77.7 cm³/mol. The third-order valence-corrected chi connectivity index (χ3v) is 4.10. The van der Waals surface area contributed by atoms with Gasteiger partial charge in [-0.15, -0.1) is 0 Å². The number of carbonyl (C=O) groups excluding carboxylic acids is 1. The number of hydrogen-bond donors (Lipinski definition) is 2. The summed E-state index contributed by atoms with van der Waals surface area (Å²) in [5.74, 6) is -1.65. The highest BCUT2D eigenvalue weighted by molar-refractivity contribution is 5.97. The molecule has 4 heteroatoms. The summed E-state index contributed by atoms with van der Waals surface area (Å²) in [6, 6.07) is 5.93. The number of amides is 1. The van der Waals surface area contributed by atoms with E-state index in [2.05, 4.69) is 19.2 Å². The number of hydrogen-bond acceptors (Lipinski definition) is 2. The number of aryl methyl sites for hydroxylation is 1. The molecule has 0 heterocycles. The fraction of sp³-hybridized carbons (Fsp3) is 0.500. The van der Waals surface area contributed by atoms with E-state index in [1.54, 1.807) is 0 Å². The van der Waals surface area contributed by atoms with Gasteiger partial charge in [0.05, 0.1) is 11.8 Å². The van der Waals surface area contributed by atoms with Crippen molar-refractivity contribution in [2.75, 3.05) is 5.32 Å². The highest BCUT2D eigenvalue weighted by Gasteiger charge is 2.41. The van der Waals surface area contributed by atoms with Crippen LogP contribution in [0, 0.1) is 18.8 Å². The Morgan fingerprint density at radius 1 is 1.25 bits per heavy atom. The topological polar surface area (TPSA) is 66.4 Å². The van der Waals surface area contributed by atoms with Gasteiger partial charge in [0.1, 0.15) is 0 Å². The first-order valence-electron chi connectivity index (χ1n) is 7.05. The van der Waals surface area contributed by atoms with Crippen LogP contribution < -0.4 is 5.32 Å². The van der Waals surface area contributed by atoms with Crippen LogP contribution in [0.4, 0.5) is 5.69 Å². The van der Waals surface area contributed by atoms with E-state index in [1.807, 2.05) is 25.1 Å². The minimum Gasteiger partial charge on any atom is -0.481 e. The normalized spacial score (nSPS) is 21.4. The van der Waals surface area contributed by atoms with E-state index in [9.17, 15) is 9.59 Å². The lowest BCUT2D eigenvalue weighted by molar-refractivity contribution is -0.151. The lowest BCUT2D eigenvalue weighted by atomic mass is 9.73. The molecule has 0 radical (unpaired) electrons. The van der Waals surface area contributed by atoms with Crippen LogP contribution >= 0.6 is 0 Å². The first-order valence-corrected chi connectivity index (χ1v) is 7.05. The standard InChI is InChI=1S/C16H21NO3/c1-9(2)11-6-4-5-10(3)14(11)17-15(18)12-7-8-13(12)16(19)20/h4-6,9,12-13H,7-8H2,1-3H3,(H,17,18)(H,19,20). The van der Waals surface area contributed by atoms with Gasteiger partial charge in [0.25, 0.3) is 0 Å². The molecular formula is C16H21NO3. The number of para-hydroxylation sites is 1. The minimum atomic E-state index is -0.870. The van der Waals surface area contributed by atoms with Crippen LogP contribution in [0.5, 0.6) is 0 Å². The molecule has 108 valence electrons. The Balaban J connectivity index is 2.18. The maximum absolute atomic E-state index is 12.3. The Morgan fingerprint density at radius 2 is 1.90 bits per heavy atom. The zero-order valence-electron chi connectivity index (χ0n) is 12.1. The van der Waals surface area contributed by atoms with Crippen LogP contribution in [0.3, 0.4) is 0 Å². The number of carboxylic acids is 1. The van der Waals surface area contributed by atoms with Gasteiger partial charge in [-0.05, 0) is 36.8 Å². The van der Waals surface area contributed by atoms with Crippen LogP contribution in [-0.4, -0.2) is 17.0 Å². The monoisotopic (exact) mass is 275 g/mol. The zero-order chi connectivity index (χ0) is 14.9. The predicted octanol–water partition coefficient (Wildman–Crippen LogP) is 3.17. The third kappa shape index (κ3) is 2.69. The summed E-state index contributed by atoms with van der Waals surface area (Å²) in [7, 11) is 0. The summed E-state index contributed by atoms with van der Waals surface area (Å²) in [6.07, 6.45) is 1.25. The second kappa shape index (κ2) is 5.65. The third-order valence-electron chi connectivity index (χ3n) is 4.10. The largest absolute Gasteiger partial charge is 0.481 e. The lowest BCUT2D eigenvalue weighted by Crippen LogP contribution is -2.41. The van der Waals surface area contributed by atoms with Crippen LogP contribution in [-0.2, 0) is 9.59 Å². The van der Waals surface area contributed by atoms with Crippen molar-refractivity contribution in [3.8, 4) is 0 Å². The summed E-state index contributed by atoms with van der Waals surface area (Å²) in [5, 5.41) is 12.0. The Kier molecular flexibility index (Phi) is 4.12. The molecule has 0 saturated heterocycles. The fourth-order valence-electron chi connectivity index (χ4n) is 2.67. The maximum Gasteiger partial charge on any atom is 0.307 e. The van der Waals surface area contributed by atoms with Crippen molar-refractivity contribution in [3.63, 3.8) is 0 Å². The maximum atomic E-state index is 12.3. The Labute approximate surface area is 119 Å². The summed E-state index contributed by atoms with van der Waals surface area (Å²) in [4.78, 5) is 23.3. The van der Waals surface area contributed by atoms with Gasteiger partial charge in [-0.1, -0.05) is 32.0 Å². The molecule has 1 aromatic carbocycles. The molecule has 1 amide bonds. The summed E-state index contributed by atoms with van der Waals surface area (Å²) in [6.45, 7) is 6.11. The van der Waals surface area contributed by atoms with Crippen molar-refractivity contribution in [3.05, 3.63) is 29.3 Å². The minimum absolute atomic E-state index is 0.167. The number of anilines is 1. The van der Waals surface area contributed by atoms with Crippen LogP contribution in [0.15, 0.2) is 18.2 Å². The van der Waals surface area contributed by atoms with Crippen molar-refractivity contribution in [1.82, 2.24) is 0 Å². The molecule has 0 spiro atoms. The van der Waals surface area contributed by atoms with Gasteiger partial charge < -0.3 is 10.4 Å². The quantitative estimate of drug-likeness (QED) is 0.887. The number of benzene rings is 1. The van der Waals surface area contributed by atoms with Gasteiger partial charge in [0.2, 0.25) is 5.91 Å². The molecule has 2 atom stereocenters. The molecule has 1 saturated carbocycles. The number of rotatable bonds is 4. The van der Waals surface area contributed by atoms with E-state index in [-0.39, 0.29) is 5.91 Å². The van der Waals surface area contributed by atoms with Gasteiger partial charge >= 0.3 is 5.97 Å². The zero-order valence-corrected chi connectivity index (χ0v) is 12.1. The first kappa shape index (κ1) is 14.6. The van der Waals surface area contributed by atoms with Crippen LogP contribution in [0.2, 0.25) is 0 Å². The Hall–Kier alpha value is -1.84. The molecule has 0 aromatic heterocycles. The molecule has 1 aromatic rings. The van der Waals surface area contributed by atoms with Crippen LogP contribution in [0.25, 0.3) is 0 Å². The summed E-state index contributed by atoms with van der Waals surface area (Å²) >= 11 is 0. The molecule has 2 rings (SSSR count). The molecule has 1 fully saturated rings. The van der Waals surface area contributed by atoms with Crippen molar-refractivity contribution in [2.45, 2.75) is 39.5 Å². The first-order chi connectivity index (χ1) is 9.41. The van der Waals surface area contributed by atoms with E-state index in [1.165, 1.54) is 0 Å². The smallest absolute Gasteiger partial charge is 0.307 e. The number of nitrogens with one attached hydrogen (secondary N) is 1. The van der Waals surface area contributed by atoms with Gasteiger partial charge in [-0.2, -0.15) is 0 Å². The fourth-order valence-corrected chi connectivity index (χ4v) is 2.67. The lowest BCUT2D eigenvalue weighted by Gasteiger charge is -2.32. The summed E-state index contributed by atoms with van der Waals surface area (Å²) in [5.41, 5.74) is 2.93. The highest BCUT2D eigenvalue weighted by atomic mass is 16.4. The Morgan fingerprint density at radius 3 is 2.40 bits per heavy atom. The molecule has 1 aliphatic rings. The van der Waals surface area contributed by atoms with E-state index in [0.29, 0.717) is 18.8 Å². The van der Waals surface area contributed by atoms with E-state index in [4.69, 9.17) is 5.11 Å². The molecule has 2 unspecified atom stereocenters. The molecule has 1 aliphatic carbocycles. The van der Waals surface area contributed by atoms with Gasteiger partial charge in [0, 0.05) is 5.69 Å². The molecule has 0 aliphatic heterocycles. The highest BCUT2D eigenvalue weighted by Crippen LogP contribution is 2.36. The van der Waals surface area contributed by atoms with Gasteiger partial charge in [-0.3, -0.25) is 9.59 Å². The number of aliphatic carboxylic acids is 1. The van der Waals surface area contributed by atoms with Crippen molar-refractivity contribution in [2.24, 2.45) is 11.8 Å². The van der Waals surface area contributed by atoms with Gasteiger partial charge in [-0.25, -0.2) is 0 Å². The second-order valence-electron chi connectivity index (χ2n) is 5.81. The molecular weight excluding hydrogens is 254 g/mol.